The lowest BCUT2D eigenvalue weighted by Crippen LogP contribution is -1.99. The topological polar surface area (TPSA) is 30.2 Å². The number of hydrogen-bond donors (Lipinski definition) is 0. The lowest BCUT2D eigenvalue weighted by molar-refractivity contribution is 0.535. The van der Waals surface area contributed by atoms with Crippen LogP contribution < -0.4 is 5.63 Å². The van der Waals surface area contributed by atoms with Crippen LogP contribution in [0.4, 0.5) is 0 Å². The summed E-state index contributed by atoms with van der Waals surface area (Å²) >= 11 is 0. The van der Waals surface area contributed by atoms with E-state index >= 15 is 0 Å². The third-order valence-corrected chi connectivity index (χ3v) is 3.69. The highest BCUT2D eigenvalue weighted by Crippen LogP contribution is 2.33. The number of benzene rings is 1. The Kier molecular flexibility index (Phi) is 2.61. The fourth-order valence-corrected chi connectivity index (χ4v) is 2.72. The molecular weight excluding hydrogens is 260 g/mol. The molecule has 1 aromatic carbocycles. The Balaban J connectivity index is 2.06. The third-order valence-electron chi connectivity index (χ3n) is 3.69. The molecule has 0 atom stereocenters. The van der Waals surface area contributed by atoms with Gasteiger partial charge in [0.05, 0.1) is 5.39 Å². The van der Waals surface area contributed by atoms with Crippen LogP contribution in [0.15, 0.2) is 82.0 Å². The quantitative estimate of drug-likeness (QED) is 0.508. The molecule has 2 aliphatic rings. The zero-order valence-electron chi connectivity index (χ0n) is 11.2. The van der Waals surface area contributed by atoms with Crippen LogP contribution >= 0.6 is 0 Å². The first-order valence-electron chi connectivity index (χ1n) is 6.84. The number of rotatable bonds is 1. The van der Waals surface area contributed by atoms with Crippen LogP contribution in [0, 0.1) is 0 Å². The fraction of sp³-hybridized carbons (Fsp3) is 0. The molecule has 2 aromatic rings. The molecule has 0 aliphatic heterocycles. The van der Waals surface area contributed by atoms with Crippen LogP contribution in [0.1, 0.15) is 0 Å². The van der Waals surface area contributed by atoms with Gasteiger partial charge in [0.15, 0.2) is 0 Å². The molecule has 0 amide bonds. The number of fused-ring (bicyclic) bond motifs is 3. The molecule has 1 aromatic heterocycles. The molecule has 0 radical (unpaired) electrons. The summed E-state index contributed by atoms with van der Waals surface area (Å²) in [4.78, 5) is 12.4. The van der Waals surface area contributed by atoms with Gasteiger partial charge in [-0.3, -0.25) is 0 Å². The maximum absolute atomic E-state index is 12.4. The third kappa shape index (κ3) is 1.93. The van der Waals surface area contributed by atoms with Crippen LogP contribution in [0.5, 0.6) is 0 Å². The SMILES string of the molecule is O=c1oc(-c2ccccc2)cc2cc3cccccc-3c12. The second-order valence-electron chi connectivity index (χ2n) is 5.02. The van der Waals surface area contributed by atoms with Gasteiger partial charge in [-0.25, -0.2) is 4.79 Å². The van der Waals surface area contributed by atoms with E-state index < -0.39 is 0 Å². The summed E-state index contributed by atoms with van der Waals surface area (Å²) < 4.78 is 5.52. The molecule has 2 aliphatic carbocycles. The van der Waals surface area contributed by atoms with Crippen molar-refractivity contribution in [2.24, 2.45) is 0 Å². The van der Waals surface area contributed by atoms with Crippen molar-refractivity contribution in [1.29, 1.82) is 0 Å². The first-order valence-corrected chi connectivity index (χ1v) is 6.84. The van der Waals surface area contributed by atoms with Crippen LogP contribution in [0.2, 0.25) is 0 Å². The van der Waals surface area contributed by atoms with E-state index in [1.54, 1.807) is 0 Å². The molecular formula is C19H12O2. The van der Waals surface area contributed by atoms with E-state index in [0.717, 1.165) is 22.1 Å². The molecule has 100 valence electrons. The Morgan fingerprint density at radius 2 is 1.38 bits per heavy atom. The normalized spacial score (nSPS) is 11.0. The second-order valence-corrected chi connectivity index (χ2v) is 5.02. The van der Waals surface area contributed by atoms with E-state index in [4.69, 9.17) is 4.42 Å². The van der Waals surface area contributed by atoms with Crippen molar-refractivity contribution in [2.75, 3.05) is 0 Å². The van der Waals surface area contributed by atoms with Crippen LogP contribution in [0.3, 0.4) is 0 Å². The van der Waals surface area contributed by atoms with E-state index in [-0.39, 0.29) is 5.63 Å². The average molecular weight is 272 g/mol. The van der Waals surface area contributed by atoms with Crippen LogP contribution in [0.25, 0.3) is 33.2 Å². The Morgan fingerprint density at radius 1 is 0.714 bits per heavy atom. The van der Waals surface area contributed by atoms with Gasteiger partial charge in [0, 0.05) is 5.56 Å². The Bertz CT molecular complexity index is 952. The van der Waals surface area contributed by atoms with Gasteiger partial charge in [0.25, 0.3) is 0 Å². The molecule has 2 nitrogen and oxygen atoms in total. The van der Waals surface area contributed by atoms with Gasteiger partial charge in [0.2, 0.25) is 0 Å². The van der Waals surface area contributed by atoms with Crippen molar-refractivity contribution in [3.63, 3.8) is 0 Å². The van der Waals surface area contributed by atoms with E-state index in [1.165, 1.54) is 0 Å². The maximum atomic E-state index is 12.4. The minimum Gasteiger partial charge on any atom is -0.422 e. The molecule has 0 saturated carbocycles. The van der Waals surface area contributed by atoms with Crippen LogP contribution in [-0.2, 0) is 0 Å². The monoisotopic (exact) mass is 272 g/mol. The smallest absolute Gasteiger partial charge is 0.344 e. The Hall–Kier alpha value is -2.87. The summed E-state index contributed by atoms with van der Waals surface area (Å²) in [5.41, 5.74) is 2.61. The van der Waals surface area contributed by atoms with E-state index in [1.807, 2.05) is 72.8 Å². The van der Waals surface area contributed by atoms with Gasteiger partial charge >= 0.3 is 5.63 Å². The molecule has 0 saturated heterocycles. The van der Waals surface area contributed by atoms with E-state index in [9.17, 15) is 4.79 Å². The highest BCUT2D eigenvalue weighted by molar-refractivity contribution is 6.02. The summed E-state index contributed by atoms with van der Waals surface area (Å²) in [6.07, 6.45) is 0. The minimum absolute atomic E-state index is 0.285. The van der Waals surface area contributed by atoms with Crippen molar-refractivity contribution in [3.8, 4) is 22.5 Å². The van der Waals surface area contributed by atoms with Crippen molar-refractivity contribution >= 4 is 10.8 Å². The Labute approximate surface area is 121 Å². The van der Waals surface area contributed by atoms with Gasteiger partial charge in [0.1, 0.15) is 5.76 Å². The molecule has 1 heterocycles. The summed E-state index contributed by atoms with van der Waals surface area (Å²) in [6, 6.07) is 23.5. The van der Waals surface area contributed by atoms with Gasteiger partial charge in [-0.1, -0.05) is 60.7 Å². The lowest BCUT2D eigenvalue weighted by Gasteiger charge is -2.00. The molecule has 21 heavy (non-hydrogen) atoms. The Morgan fingerprint density at radius 3 is 2.14 bits per heavy atom. The molecule has 0 spiro atoms. The molecule has 4 rings (SSSR count). The first kappa shape index (κ1) is 11.9. The highest BCUT2D eigenvalue weighted by Gasteiger charge is 2.14. The van der Waals surface area contributed by atoms with Gasteiger partial charge in [-0.15, -0.1) is 0 Å². The van der Waals surface area contributed by atoms with Crippen LogP contribution in [-0.4, -0.2) is 0 Å². The predicted octanol–water partition coefficient (Wildman–Crippen LogP) is 4.56. The predicted molar refractivity (Wildman–Crippen MR) is 84.5 cm³/mol. The second kappa shape index (κ2) is 4.60. The molecule has 0 bridgehead atoms. The van der Waals surface area contributed by atoms with Gasteiger partial charge in [-0.2, -0.15) is 0 Å². The zero-order valence-corrected chi connectivity index (χ0v) is 11.2. The van der Waals surface area contributed by atoms with Gasteiger partial charge in [-0.05, 0) is 28.6 Å². The number of hydrogen-bond acceptors (Lipinski definition) is 2. The average Bonchev–Trinajstić information content (AvgIpc) is 2.71. The van der Waals surface area contributed by atoms with Crippen molar-refractivity contribution in [1.82, 2.24) is 0 Å². The fourth-order valence-electron chi connectivity index (χ4n) is 2.72. The summed E-state index contributed by atoms with van der Waals surface area (Å²) in [7, 11) is 0. The zero-order chi connectivity index (χ0) is 14.2. The van der Waals surface area contributed by atoms with Crippen molar-refractivity contribution < 1.29 is 4.42 Å². The van der Waals surface area contributed by atoms with E-state index in [0.29, 0.717) is 11.1 Å². The van der Waals surface area contributed by atoms with Crippen molar-refractivity contribution in [2.45, 2.75) is 0 Å². The maximum Gasteiger partial charge on any atom is 0.344 e. The summed E-state index contributed by atoms with van der Waals surface area (Å²) in [5, 5.41) is 1.58. The molecule has 0 fully saturated rings. The molecule has 0 unspecified atom stereocenters. The van der Waals surface area contributed by atoms with Crippen molar-refractivity contribution in [3.05, 3.63) is 83.2 Å². The summed E-state index contributed by atoms with van der Waals surface area (Å²) in [5.74, 6) is 0.604. The minimum atomic E-state index is -0.285. The molecule has 0 N–H and O–H groups in total. The first-order chi connectivity index (χ1) is 10.3. The standard InChI is InChI=1S/C19H12O2/c20-19-18-15(11-14-9-5-2-6-10-16(14)18)12-17(21-19)13-7-3-1-4-8-13/h1-12H. The lowest BCUT2D eigenvalue weighted by atomic mass is 10.1. The summed E-state index contributed by atoms with van der Waals surface area (Å²) in [6.45, 7) is 0. The highest BCUT2D eigenvalue weighted by atomic mass is 16.4. The van der Waals surface area contributed by atoms with E-state index in [2.05, 4.69) is 0 Å². The molecule has 2 heteroatoms. The van der Waals surface area contributed by atoms with Gasteiger partial charge < -0.3 is 4.42 Å². The largest absolute Gasteiger partial charge is 0.422 e.